The summed E-state index contributed by atoms with van der Waals surface area (Å²) in [6.45, 7) is 0.438. The molecule has 6 heteroatoms. The van der Waals surface area contributed by atoms with E-state index in [0.717, 1.165) is 5.56 Å². The molecule has 0 saturated carbocycles. The fraction of sp³-hybridized carbons (Fsp3) is 0.235. The molecule has 0 bridgehead atoms. The topological polar surface area (TPSA) is 80.3 Å². The predicted octanol–water partition coefficient (Wildman–Crippen LogP) is 1.88. The maximum absolute atomic E-state index is 12.0. The molecule has 0 aliphatic carbocycles. The summed E-state index contributed by atoms with van der Waals surface area (Å²) in [5.41, 5.74) is 1.66. The van der Waals surface area contributed by atoms with Crippen molar-refractivity contribution in [1.29, 1.82) is 0 Å². The summed E-state index contributed by atoms with van der Waals surface area (Å²) in [4.78, 5) is 27.2. The van der Waals surface area contributed by atoms with Gasteiger partial charge < -0.3 is 15.4 Å². The number of hydrogen-bond acceptors (Lipinski definition) is 4. The van der Waals surface area contributed by atoms with Gasteiger partial charge in [-0.15, -0.1) is 0 Å². The van der Waals surface area contributed by atoms with Crippen LogP contribution in [0.1, 0.15) is 18.4 Å². The Morgan fingerprint density at radius 2 is 2.13 bits per heavy atom. The van der Waals surface area contributed by atoms with E-state index >= 15 is 0 Å². The fourth-order valence-corrected chi connectivity index (χ4v) is 2.32. The molecule has 0 spiro atoms. The molecule has 23 heavy (non-hydrogen) atoms. The second-order valence-electron chi connectivity index (χ2n) is 5.32. The van der Waals surface area contributed by atoms with Crippen LogP contribution in [-0.2, 0) is 16.2 Å². The number of nitrogens with zero attached hydrogens (tertiary/aromatic N) is 1. The van der Waals surface area contributed by atoms with Gasteiger partial charge in [0, 0.05) is 30.1 Å². The van der Waals surface area contributed by atoms with Crippen molar-refractivity contribution in [3.63, 3.8) is 0 Å². The number of pyridine rings is 1. The Hall–Kier alpha value is -2.89. The summed E-state index contributed by atoms with van der Waals surface area (Å²) in [5, 5.41) is 5.43. The average Bonchev–Trinajstić information content (AvgIpc) is 3.02. The average molecular weight is 311 g/mol. The molecule has 1 fully saturated rings. The minimum atomic E-state index is -0.441. The van der Waals surface area contributed by atoms with Gasteiger partial charge in [-0.25, -0.2) is 0 Å². The SMILES string of the molecule is O=C1CC[C@@H](C(=O)Nc2ccc(OCc3cccnc3)cc2)N1. The molecule has 1 aliphatic heterocycles. The monoisotopic (exact) mass is 311 g/mol. The number of nitrogens with one attached hydrogen (secondary N) is 2. The lowest BCUT2D eigenvalue weighted by Gasteiger charge is -2.11. The minimum Gasteiger partial charge on any atom is -0.489 e. The lowest BCUT2D eigenvalue weighted by atomic mass is 10.2. The Kier molecular flexibility index (Phi) is 4.52. The van der Waals surface area contributed by atoms with E-state index in [0.29, 0.717) is 30.9 Å². The molecule has 118 valence electrons. The van der Waals surface area contributed by atoms with Crippen molar-refractivity contribution >= 4 is 17.5 Å². The van der Waals surface area contributed by atoms with Crippen LogP contribution in [-0.4, -0.2) is 22.8 Å². The Balaban J connectivity index is 1.52. The van der Waals surface area contributed by atoms with Crippen LogP contribution in [0.2, 0.25) is 0 Å². The number of carbonyl (C=O) groups is 2. The van der Waals surface area contributed by atoms with Crippen molar-refractivity contribution in [2.75, 3.05) is 5.32 Å². The van der Waals surface area contributed by atoms with E-state index in [9.17, 15) is 9.59 Å². The number of rotatable bonds is 5. The highest BCUT2D eigenvalue weighted by molar-refractivity contribution is 5.98. The molecule has 1 aromatic heterocycles. The zero-order valence-electron chi connectivity index (χ0n) is 12.5. The highest BCUT2D eigenvalue weighted by Gasteiger charge is 2.26. The second-order valence-corrected chi connectivity index (χ2v) is 5.32. The van der Waals surface area contributed by atoms with E-state index in [1.54, 1.807) is 36.7 Å². The molecule has 3 rings (SSSR count). The van der Waals surface area contributed by atoms with Gasteiger partial charge in [-0.05, 0) is 36.8 Å². The van der Waals surface area contributed by atoms with Crippen LogP contribution in [0, 0.1) is 0 Å². The third kappa shape index (κ3) is 4.06. The summed E-state index contributed by atoms with van der Waals surface area (Å²) in [5.74, 6) is 0.435. The van der Waals surface area contributed by atoms with E-state index < -0.39 is 6.04 Å². The third-order valence-electron chi connectivity index (χ3n) is 3.56. The van der Waals surface area contributed by atoms with Crippen LogP contribution < -0.4 is 15.4 Å². The minimum absolute atomic E-state index is 0.0794. The first kappa shape index (κ1) is 15.0. The Morgan fingerprint density at radius 3 is 2.78 bits per heavy atom. The number of amides is 2. The zero-order valence-corrected chi connectivity index (χ0v) is 12.5. The molecular formula is C17H17N3O3. The van der Waals surface area contributed by atoms with E-state index in [4.69, 9.17) is 4.74 Å². The largest absolute Gasteiger partial charge is 0.489 e. The number of carbonyl (C=O) groups excluding carboxylic acids is 2. The Bertz CT molecular complexity index is 686. The van der Waals surface area contributed by atoms with Crippen LogP contribution in [0.15, 0.2) is 48.8 Å². The Labute approximate surface area is 133 Å². The molecule has 1 aliphatic rings. The molecule has 2 amide bonds. The normalized spacial score (nSPS) is 16.7. The van der Waals surface area contributed by atoms with Gasteiger partial charge in [0.15, 0.2) is 0 Å². The summed E-state index contributed by atoms with van der Waals surface area (Å²) in [6, 6.07) is 10.5. The summed E-state index contributed by atoms with van der Waals surface area (Å²) < 4.78 is 5.66. The van der Waals surface area contributed by atoms with Crippen molar-refractivity contribution in [3.05, 3.63) is 54.4 Å². The lowest BCUT2D eigenvalue weighted by molar-refractivity contribution is -0.122. The molecule has 1 aromatic carbocycles. The highest BCUT2D eigenvalue weighted by Crippen LogP contribution is 2.18. The van der Waals surface area contributed by atoms with Crippen LogP contribution in [0.3, 0.4) is 0 Å². The van der Waals surface area contributed by atoms with Gasteiger partial charge in [-0.1, -0.05) is 6.07 Å². The summed E-state index contributed by atoms with van der Waals surface area (Å²) in [6.07, 6.45) is 4.41. The quantitative estimate of drug-likeness (QED) is 0.883. The number of ether oxygens (including phenoxy) is 1. The smallest absolute Gasteiger partial charge is 0.246 e. The second kappa shape index (κ2) is 6.91. The van der Waals surface area contributed by atoms with Crippen molar-refractivity contribution in [3.8, 4) is 5.75 Å². The molecule has 2 heterocycles. The number of aromatic nitrogens is 1. The van der Waals surface area contributed by atoms with Gasteiger partial charge >= 0.3 is 0 Å². The van der Waals surface area contributed by atoms with Gasteiger partial charge in [0.25, 0.3) is 0 Å². The summed E-state index contributed by atoms with van der Waals surface area (Å²) in [7, 11) is 0. The molecule has 6 nitrogen and oxygen atoms in total. The zero-order chi connectivity index (χ0) is 16.1. The van der Waals surface area contributed by atoms with E-state index in [1.807, 2.05) is 12.1 Å². The molecule has 2 N–H and O–H groups in total. The van der Waals surface area contributed by atoms with Crippen LogP contribution in [0.25, 0.3) is 0 Å². The van der Waals surface area contributed by atoms with Crippen LogP contribution in [0.4, 0.5) is 5.69 Å². The first-order chi connectivity index (χ1) is 11.2. The van der Waals surface area contributed by atoms with Crippen LogP contribution >= 0.6 is 0 Å². The molecular weight excluding hydrogens is 294 g/mol. The first-order valence-electron chi connectivity index (χ1n) is 7.43. The molecule has 0 unspecified atom stereocenters. The fourth-order valence-electron chi connectivity index (χ4n) is 2.32. The maximum atomic E-state index is 12.0. The van der Waals surface area contributed by atoms with Crippen LogP contribution in [0.5, 0.6) is 5.75 Å². The van der Waals surface area contributed by atoms with Gasteiger partial charge in [-0.2, -0.15) is 0 Å². The molecule has 2 aromatic rings. The number of anilines is 1. The van der Waals surface area contributed by atoms with Gasteiger partial charge in [0.2, 0.25) is 11.8 Å². The van der Waals surface area contributed by atoms with Gasteiger partial charge in [0.05, 0.1) is 0 Å². The van der Waals surface area contributed by atoms with E-state index in [-0.39, 0.29) is 11.8 Å². The first-order valence-corrected chi connectivity index (χ1v) is 7.43. The van der Waals surface area contributed by atoms with Crippen molar-refractivity contribution in [1.82, 2.24) is 10.3 Å². The van der Waals surface area contributed by atoms with E-state index in [2.05, 4.69) is 15.6 Å². The Morgan fingerprint density at radius 1 is 1.30 bits per heavy atom. The van der Waals surface area contributed by atoms with Crippen molar-refractivity contribution < 1.29 is 14.3 Å². The maximum Gasteiger partial charge on any atom is 0.246 e. The lowest BCUT2D eigenvalue weighted by Crippen LogP contribution is -2.37. The van der Waals surface area contributed by atoms with Crippen molar-refractivity contribution in [2.24, 2.45) is 0 Å². The summed E-state index contributed by atoms with van der Waals surface area (Å²) >= 11 is 0. The van der Waals surface area contributed by atoms with E-state index in [1.165, 1.54) is 0 Å². The standard InChI is InChI=1S/C17H17N3O3/c21-16-8-7-15(20-16)17(22)19-13-3-5-14(6-4-13)23-11-12-2-1-9-18-10-12/h1-6,9-10,15H,7-8,11H2,(H,19,22)(H,20,21)/t15-/m0/s1. The number of hydrogen-bond donors (Lipinski definition) is 2. The third-order valence-corrected chi connectivity index (χ3v) is 3.56. The predicted molar refractivity (Wildman–Crippen MR) is 84.8 cm³/mol. The van der Waals surface area contributed by atoms with Gasteiger partial charge in [-0.3, -0.25) is 14.6 Å². The molecule has 1 saturated heterocycles. The molecule has 0 radical (unpaired) electrons. The van der Waals surface area contributed by atoms with Crippen molar-refractivity contribution in [2.45, 2.75) is 25.5 Å². The number of benzene rings is 1. The van der Waals surface area contributed by atoms with Gasteiger partial charge in [0.1, 0.15) is 18.4 Å². The highest BCUT2D eigenvalue weighted by atomic mass is 16.5. The molecule has 1 atom stereocenters.